The molecule has 1 fully saturated rings. The minimum atomic E-state index is 0.589. The summed E-state index contributed by atoms with van der Waals surface area (Å²) in [5.74, 6) is 0. The zero-order chi connectivity index (χ0) is 12.1. The maximum absolute atomic E-state index is 5.88. The molecule has 0 radical (unpaired) electrons. The zero-order valence-corrected chi connectivity index (χ0v) is 10.8. The molecule has 1 aliphatic heterocycles. The number of aromatic nitrogens is 2. The third kappa shape index (κ3) is 3.30. The van der Waals surface area contributed by atoms with Gasteiger partial charge in [0.15, 0.2) is 0 Å². The first-order chi connectivity index (χ1) is 8.31. The number of rotatable bonds is 4. The lowest BCUT2D eigenvalue weighted by Gasteiger charge is -2.28. The van der Waals surface area contributed by atoms with E-state index in [1.165, 1.54) is 37.9 Å². The molecule has 2 N–H and O–H groups in total. The second-order valence-corrected chi connectivity index (χ2v) is 4.97. The molecule has 1 aromatic rings. The molecule has 0 saturated carbocycles. The van der Waals surface area contributed by atoms with Crippen LogP contribution in [0.25, 0.3) is 0 Å². The van der Waals surface area contributed by atoms with Gasteiger partial charge in [-0.1, -0.05) is 12.8 Å². The van der Waals surface area contributed by atoms with Crippen LogP contribution >= 0.6 is 0 Å². The Morgan fingerprint density at radius 1 is 1.41 bits per heavy atom. The van der Waals surface area contributed by atoms with Crippen LogP contribution in [0.2, 0.25) is 0 Å². The topological polar surface area (TPSA) is 47.1 Å². The van der Waals surface area contributed by atoms with Gasteiger partial charge in [-0.2, -0.15) is 5.10 Å². The molecule has 1 atom stereocenters. The largest absolute Gasteiger partial charge is 0.329 e. The summed E-state index contributed by atoms with van der Waals surface area (Å²) in [6, 6.07) is 2.70. The third-order valence-electron chi connectivity index (χ3n) is 3.85. The average molecular weight is 236 g/mol. The lowest BCUT2D eigenvalue weighted by atomic mass is 10.1. The first kappa shape index (κ1) is 12.6. The van der Waals surface area contributed by atoms with Crippen molar-refractivity contribution in [1.82, 2.24) is 14.7 Å². The number of aryl methyl sites for hydroxylation is 1. The molecule has 0 amide bonds. The van der Waals surface area contributed by atoms with Gasteiger partial charge in [-0.15, -0.1) is 0 Å². The molecule has 17 heavy (non-hydrogen) atoms. The van der Waals surface area contributed by atoms with E-state index >= 15 is 0 Å². The van der Waals surface area contributed by atoms with Gasteiger partial charge in [0, 0.05) is 44.5 Å². The minimum Gasteiger partial charge on any atom is -0.329 e. The van der Waals surface area contributed by atoms with Gasteiger partial charge < -0.3 is 5.73 Å². The summed E-state index contributed by atoms with van der Waals surface area (Å²) >= 11 is 0. The molecule has 0 spiro atoms. The van der Waals surface area contributed by atoms with Gasteiger partial charge >= 0.3 is 0 Å². The molecule has 1 saturated heterocycles. The van der Waals surface area contributed by atoms with Crippen molar-refractivity contribution in [3.05, 3.63) is 18.0 Å². The second-order valence-electron chi connectivity index (χ2n) is 4.97. The summed E-state index contributed by atoms with van der Waals surface area (Å²) in [6.07, 6.45) is 8.23. The van der Waals surface area contributed by atoms with Crippen molar-refractivity contribution < 1.29 is 0 Å². The lowest BCUT2D eigenvalue weighted by Crippen LogP contribution is -2.41. The standard InChI is InChI=1S/C13H24N4/c1-16-12(6-8-15-16)7-10-17-9-4-2-3-5-13(17)11-14/h6,8,13H,2-5,7,9-11,14H2,1H3. The molecule has 0 aromatic carbocycles. The number of hydrogen-bond donors (Lipinski definition) is 1. The molecule has 1 aromatic heterocycles. The first-order valence-electron chi connectivity index (χ1n) is 6.72. The van der Waals surface area contributed by atoms with E-state index in [9.17, 15) is 0 Å². The fraction of sp³-hybridized carbons (Fsp3) is 0.769. The predicted molar refractivity (Wildman–Crippen MR) is 69.8 cm³/mol. The van der Waals surface area contributed by atoms with E-state index in [1.807, 2.05) is 17.9 Å². The van der Waals surface area contributed by atoms with Gasteiger partial charge in [0.2, 0.25) is 0 Å². The van der Waals surface area contributed by atoms with E-state index in [2.05, 4.69) is 16.1 Å². The van der Waals surface area contributed by atoms with Gasteiger partial charge in [0.05, 0.1) is 0 Å². The van der Waals surface area contributed by atoms with Crippen LogP contribution in [0.1, 0.15) is 31.4 Å². The Balaban J connectivity index is 1.89. The minimum absolute atomic E-state index is 0.589. The Morgan fingerprint density at radius 3 is 3.00 bits per heavy atom. The van der Waals surface area contributed by atoms with Crippen LogP contribution in [0.3, 0.4) is 0 Å². The summed E-state index contributed by atoms with van der Waals surface area (Å²) in [6.45, 7) is 3.12. The van der Waals surface area contributed by atoms with E-state index in [1.54, 1.807) is 0 Å². The predicted octanol–water partition coefficient (Wildman–Crippen LogP) is 1.17. The quantitative estimate of drug-likeness (QED) is 0.853. The van der Waals surface area contributed by atoms with E-state index in [0.717, 1.165) is 19.5 Å². The van der Waals surface area contributed by atoms with Crippen molar-refractivity contribution in [2.24, 2.45) is 12.8 Å². The molecule has 1 aliphatic rings. The van der Waals surface area contributed by atoms with Crippen LogP contribution in [0.15, 0.2) is 12.3 Å². The van der Waals surface area contributed by atoms with Gasteiger partial charge in [0.1, 0.15) is 0 Å². The molecule has 4 nitrogen and oxygen atoms in total. The van der Waals surface area contributed by atoms with Crippen molar-refractivity contribution >= 4 is 0 Å². The van der Waals surface area contributed by atoms with Gasteiger partial charge in [-0.3, -0.25) is 9.58 Å². The highest BCUT2D eigenvalue weighted by Crippen LogP contribution is 2.16. The Labute approximate surface area is 104 Å². The monoisotopic (exact) mass is 236 g/mol. The second kappa shape index (κ2) is 6.17. The normalized spacial score (nSPS) is 22.6. The highest BCUT2D eigenvalue weighted by atomic mass is 15.3. The van der Waals surface area contributed by atoms with Gasteiger partial charge in [-0.05, 0) is 25.5 Å². The average Bonchev–Trinajstić information content (AvgIpc) is 2.63. The molecule has 0 bridgehead atoms. The number of nitrogens with two attached hydrogens (primary N) is 1. The Kier molecular flexibility index (Phi) is 4.57. The van der Waals surface area contributed by atoms with Crippen molar-refractivity contribution in [3.63, 3.8) is 0 Å². The summed E-state index contributed by atoms with van der Waals surface area (Å²) in [7, 11) is 2.01. The van der Waals surface area contributed by atoms with Crippen LogP contribution < -0.4 is 5.73 Å². The molecular formula is C13H24N4. The van der Waals surface area contributed by atoms with Crippen LogP contribution in [-0.4, -0.2) is 40.4 Å². The highest BCUT2D eigenvalue weighted by Gasteiger charge is 2.19. The van der Waals surface area contributed by atoms with Crippen LogP contribution in [0, 0.1) is 0 Å². The van der Waals surface area contributed by atoms with E-state index in [-0.39, 0.29) is 0 Å². The summed E-state index contributed by atoms with van der Waals surface area (Å²) in [4.78, 5) is 2.57. The van der Waals surface area contributed by atoms with Crippen molar-refractivity contribution in [1.29, 1.82) is 0 Å². The molecule has 96 valence electrons. The highest BCUT2D eigenvalue weighted by molar-refractivity contribution is 5.00. The Hall–Kier alpha value is -0.870. The smallest absolute Gasteiger partial charge is 0.0492 e. The van der Waals surface area contributed by atoms with Crippen molar-refractivity contribution in [2.45, 2.75) is 38.1 Å². The fourth-order valence-corrected chi connectivity index (χ4v) is 2.70. The van der Waals surface area contributed by atoms with E-state index in [0.29, 0.717) is 6.04 Å². The van der Waals surface area contributed by atoms with E-state index < -0.39 is 0 Å². The molecule has 1 unspecified atom stereocenters. The molecule has 2 rings (SSSR count). The van der Waals surface area contributed by atoms with Crippen molar-refractivity contribution in [2.75, 3.05) is 19.6 Å². The Bertz CT molecular complexity index is 334. The van der Waals surface area contributed by atoms with E-state index in [4.69, 9.17) is 5.73 Å². The number of likely N-dealkylation sites (tertiary alicyclic amines) is 1. The maximum Gasteiger partial charge on any atom is 0.0492 e. The van der Waals surface area contributed by atoms with Crippen LogP contribution in [0.4, 0.5) is 0 Å². The van der Waals surface area contributed by atoms with Crippen LogP contribution in [-0.2, 0) is 13.5 Å². The Morgan fingerprint density at radius 2 is 2.29 bits per heavy atom. The lowest BCUT2D eigenvalue weighted by molar-refractivity contribution is 0.205. The molecule has 0 aliphatic carbocycles. The SMILES string of the molecule is Cn1nccc1CCN1CCCCCC1CN. The number of nitrogens with zero attached hydrogens (tertiary/aromatic N) is 3. The van der Waals surface area contributed by atoms with Crippen molar-refractivity contribution in [3.8, 4) is 0 Å². The maximum atomic E-state index is 5.88. The van der Waals surface area contributed by atoms with Crippen LogP contribution in [0.5, 0.6) is 0 Å². The molecular weight excluding hydrogens is 212 g/mol. The fourth-order valence-electron chi connectivity index (χ4n) is 2.70. The molecule has 4 heteroatoms. The molecule has 2 heterocycles. The zero-order valence-electron chi connectivity index (χ0n) is 10.8. The summed E-state index contributed by atoms with van der Waals surface area (Å²) < 4.78 is 1.97. The number of hydrogen-bond acceptors (Lipinski definition) is 3. The summed E-state index contributed by atoms with van der Waals surface area (Å²) in [5, 5.41) is 4.21. The third-order valence-corrected chi connectivity index (χ3v) is 3.85. The summed E-state index contributed by atoms with van der Waals surface area (Å²) in [5.41, 5.74) is 7.19. The van der Waals surface area contributed by atoms with Gasteiger partial charge in [0.25, 0.3) is 0 Å². The first-order valence-corrected chi connectivity index (χ1v) is 6.72. The van der Waals surface area contributed by atoms with Gasteiger partial charge in [-0.25, -0.2) is 0 Å².